The van der Waals surface area contributed by atoms with Crippen molar-refractivity contribution in [2.75, 3.05) is 13.1 Å². The van der Waals surface area contributed by atoms with Gasteiger partial charge in [0.05, 0.1) is 0 Å². The van der Waals surface area contributed by atoms with Crippen LogP contribution in [0.5, 0.6) is 0 Å². The maximum absolute atomic E-state index is 3.49. The highest BCUT2D eigenvalue weighted by atomic mass is 79.9. The van der Waals surface area contributed by atoms with Crippen molar-refractivity contribution in [3.63, 3.8) is 0 Å². The Morgan fingerprint density at radius 2 is 1.00 bits per heavy atom. The van der Waals surface area contributed by atoms with Gasteiger partial charge in [-0.2, -0.15) is 0 Å². The average Bonchev–Trinajstić information content (AvgIpc) is 2.43. The van der Waals surface area contributed by atoms with Crippen LogP contribution in [0.4, 0.5) is 0 Å². The molecule has 0 unspecified atom stereocenters. The molecule has 3 heteroatoms. The Bertz CT molecular complexity index is 444. The fourth-order valence-electron chi connectivity index (χ4n) is 1.89. The predicted octanol–water partition coefficient (Wildman–Crippen LogP) is 4.59. The summed E-state index contributed by atoms with van der Waals surface area (Å²) in [6.07, 6.45) is 2.15. The monoisotopic (exact) mass is 381 g/mol. The van der Waals surface area contributed by atoms with Crippen molar-refractivity contribution in [3.8, 4) is 0 Å². The van der Waals surface area contributed by atoms with Crippen LogP contribution in [-0.2, 0) is 12.8 Å². The minimum absolute atomic E-state index is 1.03. The summed E-state index contributed by atoms with van der Waals surface area (Å²) in [6.45, 7) is 2.05. The molecule has 0 aliphatic rings. The van der Waals surface area contributed by atoms with Gasteiger partial charge in [-0.1, -0.05) is 56.1 Å². The number of nitrogens with one attached hydrogen (secondary N) is 1. The SMILES string of the molecule is Brc1ccc(CCNCCc2ccc(Br)cc2)cc1. The molecule has 0 atom stereocenters. The Kier molecular flexibility index (Phi) is 6.08. The molecule has 0 radical (unpaired) electrons. The standard InChI is InChI=1S/C16H17Br2N/c17-15-5-1-13(2-6-15)9-11-19-12-10-14-3-7-16(18)8-4-14/h1-8,19H,9-12H2. The van der Waals surface area contributed by atoms with E-state index < -0.39 is 0 Å². The van der Waals surface area contributed by atoms with E-state index in [0.717, 1.165) is 34.9 Å². The first-order chi connectivity index (χ1) is 9.24. The predicted molar refractivity (Wildman–Crippen MR) is 88.6 cm³/mol. The maximum Gasteiger partial charge on any atom is 0.0175 e. The van der Waals surface area contributed by atoms with E-state index in [2.05, 4.69) is 85.7 Å². The van der Waals surface area contributed by atoms with E-state index in [-0.39, 0.29) is 0 Å². The van der Waals surface area contributed by atoms with Crippen LogP contribution in [0.1, 0.15) is 11.1 Å². The molecule has 0 saturated carbocycles. The molecule has 0 aliphatic heterocycles. The van der Waals surface area contributed by atoms with E-state index in [0.29, 0.717) is 0 Å². The molecule has 0 spiro atoms. The minimum Gasteiger partial charge on any atom is -0.316 e. The third-order valence-corrected chi connectivity index (χ3v) is 4.06. The van der Waals surface area contributed by atoms with Crippen molar-refractivity contribution < 1.29 is 0 Å². The van der Waals surface area contributed by atoms with Crippen molar-refractivity contribution >= 4 is 31.9 Å². The molecule has 1 nitrogen and oxygen atoms in total. The Labute approximate surface area is 131 Å². The average molecular weight is 383 g/mol. The molecule has 0 aliphatic carbocycles. The van der Waals surface area contributed by atoms with Gasteiger partial charge in [-0.25, -0.2) is 0 Å². The molecule has 0 bridgehead atoms. The van der Waals surface area contributed by atoms with Gasteiger partial charge < -0.3 is 5.32 Å². The Balaban J connectivity index is 1.64. The summed E-state index contributed by atoms with van der Waals surface area (Å²) >= 11 is 6.90. The van der Waals surface area contributed by atoms with Crippen molar-refractivity contribution in [3.05, 3.63) is 68.6 Å². The lowest BCUT2D eigenvalue weighted by Crippen LogP contribution is -2.20. The van der Waals surface area contributed by atoms with E-state index in [9.17, 15) is 0 Å². The van der Waals surface area contributed by atoms with Crippen LogP contribution < -0.4 is 5.32 Å². The first-order valence-electron chi connectivity index (χ1n) is 6.43. The second-order valence-electron chi connectivity index (χ2n) is 4.50. The lowest BCUT2D eigenvalue weighted by atomic mass is 10.1. The van der Waals surface area contributed by atoms with Gasteiger partial charge in [0.25, 0.3) is 0 Å². The quantitative estimate of drug-likeness (QED) is 0.720. The summed E-state index contributed by atoms with van der Waals surface area (Å²) in [7, 11) is 0. The van der Waals surface area contributed by atoms with E-state index in [4.69, 9.17) is 0 Å². The van der Waals surface area contributed by atoms with Crippen molar-refractivity contribution in [1.29, 1.82) is 0 Å². The largest absolute Gasteiger partial charge is 0.316 e. The highest BCUT2D eigenvalue weighted by molar-refractivity contribution is 9.10. The molecule has 2 rings (SSSR count). The van der Waals surface area contributed by atoms with Crippen molar-refractivity contribution in [2.24, 2.45) is 0 Å². The lowest BCUT2D eigenvalue weighted by molar-refractivity contribution is 0.681. The highest BCUT2D eigenvalue weighted by Gasteiger charge is 1.95. The summed E-state index contributed by atoms with van der Waals surface area (Å²) in [5.41, 5.74) is 2.75. The second-order valence-corrected chi connectivity index (χ2v) is 6.33. The van der Waals surface area contributed by atoms with Crippen LogP contribution in [0.15, 0.2) is 57.5 Å². The number of halogens is 2. The fourth-order valence-corrected chi connectivity index (χ4v) is 2.42. The Hall–Kier alpha value is -0.640. The molecule has 2 aromatic carbocycles. The number of hydrogen-bond acceptors (Lipinski definition) is 1. The molecule has 1 N–H and O–H groups in total. The third kappa shape index (κ3) is 5.47. The van der Waals surface area contributed by atoms with Gasteiger partial charge in [0.2, 0.25) is 0 Å². The molecular formula is C16H17Br2N. The van der Waals surface area contributed by atoms with Gasteiger partial charge in [0.1, 0.15) is 0 Å². The molecular weight excluding hydrogens is 366 g/mol. The van der Waals surface area contributed by atoms with Crippen LogP contribution >= 0.6 is 31.9 Å². The van der Waals surface area contributed by atoms with Gasteiger partial charge in [-0.15, -0.1) is 0 Å². The first-order valence-corrected chi connectivity index (χ1v) is 8.02. The first kappa shape index (κ1) is 14.8. The van der Waals surface area contributed by atoms with Crippen LogP contribution in [0.3, 0.4) is 0 Å². The van der Waals surface area contributed by atoms with E-state index in [1.807, 2.05) is 0 Å². The zero-order chi connectivity index (χ0) is 13.5. The Morgan fingerprint density at radius 1 is 0.632 bits per heavy atom. The van der Waals surface area contributed by atoms with Crippen LogP contribution in [-0.4, -0.2) is 13.1 Å². The van der Waals surface area contributed by atoms with Gasteiger partial charge >= 0.3 is 0 Å². The highest BCUT2D eigenvalue weighted by Crippen LogP contribution is 2.11. The maximum atomic E-state index is 3.49. The van der Waals surface area contributed by atoms with Gasteiger partial charge in [0, 0.05) is 8.95 Å². The third-order valence-electron chi connectivity index (χ3n) is 3.01. The molecule has 0 amide bonds. The number of benzene rings is 2. The van der Waals surface area contributed by atoms with Crippen LogP contribution in [0, 0.1) is 0 Å². The molecule has 0 aromatic heterocycles. The van der Waals surface area contributed by atoms with Crippen LogP contribution in [0.25, 0.3) is 0 Å². The lowest BCUT2D eigenvalue weighted by Gasteiger charge is -2.05. The van der Waals surface area contributed by atoms with E-state index in [1.165, 1.54) is 11.1 Å². The van der Waals surface area contributed by atoms with Crippen molar-refractivity contribution in [1.82, 2.24) is 5.32 Å². The summed E-state index contributed by atoms with van der Waals surface area (Å²) < 4.78 is 2.28. The van der Waals surface area contributed by atoms with Gasteiger partial charge in [-0.3, -0.25) is 0 Å². The van der Waals surface area contributed by atoms with Crippen LogP contribution in [0.2, 0.25) is 0 Å². The molecule has 19 heavy (non-hydrogen) atoms. The van der Waals surface area contributed by atoms with E-state index in [1.54, 1.807) is 0 Å². The minimum atomic E-state index is 1.03. The molecule has 2 aromatic rings. The molecule has 0 saturated heterocycles. The normalized spacial score (nSPS) is 10.6. The summed E-state index contributed by atoms with van der Waals surface area (Å²) in [6, 6.07) is 17.0. The summed E-state index contributed by atoms with van der Waals surface area (Å²) in [4.78, 5) is 0. The summed E-state index contributed by atoms with van der Waals surface area (Å²) in [5, 5.41) is 3.49. The second kappa shape index (κ2) is 7.83. The van der Waals surface area contributed by atoms with Gasteiger partial charge in [0.15, 0.2) is 0 Å². The zero-order valence-corrected chi connectivity index (χ0v) is 13.9. The van der Waals surface area contributed by atoms with E-state index >= 15 is 0 Å². The number of rotatable bonds is 6. The zero-order valence-electron chi connectivity index (χ0n) is 10.7. The smallest absolute Gasteiger partial charge is 0.0175 e. The molecule has 0 fully saturated rings. The van der Waals surface area contributed by atoms with Gasteiger partial charge in [-0.05, 0) is 61.3 Å². The molecule has 100 valence electrons. The number of hydrogen-bond donors (Lipinski definition) is 1. The van der Waals surface area contributed by atoms with Crippen molar-refractivity contribution in [2.45, 2.75) is 12.8 Å². The molecule has 0 heterocycles. The Morgan fingerprint density at radius 3 is 1.37 bits per heavy atom. The summed E-state index contributed by atoms with van der Waals surface area (Å²) in [5.74, 6) is 0. The fraction of sp³-hybridized carbons (Fsp3) is 0.250. The topological polar surface area (TPSA) is 12.0 Å².